The second kappa shape index (κ2) is 11.0. The number of hydrogen-bond donors (Lipinski definition) is 2. The Hall–Kier alpha value is -3.87. The molecule has 0 aliphatic heterocycles. The van der Waals surface area contributed by atoms with Crippen molar-refractivity contribution in [2.45, 2.75) is 46.7 Å². The summed E-state index contributed by atoms with van der Waals surface area (Å²) in [6.07, 6.45) is 7.87. The Morgan fingerprint density at radius 2 is 1.71 bits per heavy atom. The van der Waals surface area contributed by atoms with E-state index in [-0.39, 0.29) is 0 Å². The van der Waals surface area contributed by atoms with Gasteiger partial charge in [-0.2, -0.15) is 0 Å². The summed E-state index contributed by atoms with van der Waals surface area (Å²) < 4.78 is 14.5. The number of rotatable bonds is 9. The van der Waals surface area contributed by atoms with Crippen molar-refractivity contribution in [3.8, 4) is 11.1 Å². The Balaban J connectivity index is 1.64. The summed E-state index contributed by atoms with van der Waals surface area (Å²) in [7, 11) is 1.75. The third kappa shape index (κ3) is 6.82. The lowest BCUT2D eigenvalue weighted by molar-refractivity contribution is 0.219. The molecule has 7 heteroatoms. The van der Waals surface area contributed by atoms with E-state index in [4.69, 9.17) is 0 Å². The Morgan fingerprint density at radius 1 is 1.06 bits per heavy atom. The highest BCUT2D eigenvalue weighted by Gasteiger charge is 2.22. The first-order valence-corrected chi connectivity index (χ1v) is 11.5. The Bertz CT molecular complexity index is 1240. The Labute approximate surface area is 207 Å². The van der Waals surface area contributed by atoms with Crippen molar-refractivity contribution >= 4 is 17.3 Å². The summed E-state index contributed by atoms with van der Waals surface area (Å²) in [5.41, 5.74) is 6.14. The molecule has 3 aromatic rings. The zero-order valence-electron chi connectivity index (χ0n) is 21.3. The molecule has 0 saturated heterocycles. The number of hydrogen-bond acceptors (Lipinski definition) is 6. The van der Waals surface area contributed by atoms with Crippen LogP contribution in [0.25, 0.3) is 11.1 Å². The lowest BCUT2D eigenvalue weighted by Gasteiger charge is -2.19. The molecule has 2 N–H and O–H groups in total. The van der Waals surface area contributed by atoms with Crippen LogP contribution in [0.3, 0.4) is 0 Å². The van der Waals surface area contributed by atoms with Gasteiger partial charge in [0.2, 0.25) is 5.95 Å². The van der Waals surface area contributed by atoms with Crippen LogP contribution < -0.4 is 10.6 Å². The smallest absolute Gasteiger partial charge is 0.227 e. The Kier molecular flexibility index (Phi) is 8.12. The number of pyridine rings is 1. The highest BCUT2D eigenvalue weighted by Crippen LogP contribution is 2.29. The van der Waals surface area contributed by atoms with Gasteiger partial charge in [-0.15, -0.1) is 0 Å². The Morgan fingerprint density at radius 3 is 2.29 bits per heavy atom. The van der Waals surface area contributed by atoms with Crippen LogP contribution in [0.15, 0.2) is 78.0 Å². The van der Waals surface area contributed by atoms with E-state index < -0.39 is 5.67 Å². The summed E-state index contributed by atoms with van der Waals surface area (Å²) in [5, 5.41) is 6.44. The van der Waals surface area contributed by atoms with Gasteiger partial charge in [-0.1, -0.05) is 36.9 Å². The molecule has 3 rings (SSSR count). The van der Waals surface area contributed by atoms with E-state index in [0.29, 0.717) is 23.6 Å². The van der Waals surface area contributed by atoms with Crippen LogP contribution >= 0.6 is 0 Å². The molecule has 0 aliphatic carbocycles. The van der Waals surface area contributed by atoms with Gasteiger partial charge in [0, 0.05) is 48.4 Å². The van der Waals surface area contributed by atoms with Crippen molar-refractivity contribution in [2.75, 3.05) is 17.7 Å². The van der Waals surface area contributed by atoms with E-state index in [2.05, 4.69) is 49.3 Å². The van der Waals surface area contributed by atoms with Crippen LogP contribution in [0.4, 0.5) is 16.0 Å². The zero-order valence-corrected chi connectivity index (χ0v) is 21.3. The topological polar surface area (TPSA) is 75.1 Å². The SMILES string of the molecule is C=C(Cc1ccc(-c2cnc(NC(=C/C)/C(C)=N\C)nc2)cc1)Nc1cnc(C)c(C(C)(C)F)c1. The summed E-state index contributed by atoms with van der Waals surface area (Å²) in [5.74, 6) is 0.522. The van der Waals surface area contributed by atoms with Gasteiger partial charge < -0.3 is 10.6 Å². The number of nitrogens with zero attached hydrogens (tertiary/aromatic N) is 4. The van der Waals surface area contributed by atoms with Crippen molar-refractivity contribution in [2.24, 2.45) is 4.99 Å². The monoisotopic (exact) mass is 472 g/mol. The number of aromatic nitrogens is 3. The molecule has 0 atom stereocenters. The molecule has 0 aliphatic rings. The number of aliphatic imine (C=N–C) groups is 1. The lowest BCUT2D eigenvalue weighted by atomic mass is 9.98. The fraction of sp³-hybridized carbons (Fsp3) is 0.286. The van der Waals surface area contributed by atoms with E-state index in [1.165, 1.54) is 13.8 Å². The first-order valence-electron chi connectivity index (χ1n) is 11.5. The predicted molar refractivity (Wildman–Crippen MR) is 143 cm³/mol. The summed E-state index contributed by atoms with van der Waals surface area (Å²) in [4.78, 5) is 17.4. The van der Waals surface area contributed by atoms with Gasteiger partial charge in [-0.05, 0) is 51.8 Å². The largest absolute Gasteiger partial charge is 0.358 e. The van der Waals surface area contributed by atoms with Crippen LogP contribution in [-0.2, 0) is 12.1 Å². The maximum atomic E-state index is 14.5. The maximum absolute atomic E-state index is 14.5. The molecule has 0 spiro atoms. The molecule has 2 heterocycles. The van der Waals surface area contributed by atoms with Crippen LogP contribution in [-0.4, -0.2) is 27.7 Å². The summed E-state index contributed by atoms with van der Waals surface area (Å²) >= 11 is 0. The number of halogens is 1. The number of anilines is 2. The molecule has 0 unspecified atom stereocenters. The molecule has 2 aromatic heterocycles. The number of alkyl halides is 1. The quantitative estimate of drug-likeness (QED) is 0.342. The fourth-order valence-electron chi connectivity index (χ4n) is 3.67. The van der Waals surface area contributed by atoms with Crippen molar-refractivity contribution in [1.29, 1.82) is 0 Å². The van der Waals surface area contributed by atoms with Gasteiger partial charge in [0.05, 0.1) is 23.3 Å². The first kappa shape index (κ1) is 25.7. The normalized spacial score (nSPS) is 12.4. The predicted octanol–water partition coefficient (Wildman–Crippen LogP) is 6.63. The van der Waals surface area contributed by atoms with Crippen molar-refractivity contribution in [3.05, 3.63) is 89.8 Å². The van der Waals surface area contributed by atoms with Gasteiger partial charge in [0.15, 0.2) is 0 Å². The maximum Gasteiger partial charge on any atom is 0.227 e. The van der Waals surface area contributed by atoms with Crippen LogP contribution in [0, 0.1) is 6.92 Å². The third-order valence-electron chi connectivity index (χ3n) is 5.67. The fourth-order valence-corrected chi connectivity index (χ4v) is 3.67. The molecular weight excluding hydrogens is 439 g/mol. The highest BCUT2D eigenvalue weighted by atomic mass is 19.1. The van der Waals surface area contributed by atoms with E-state index in [0.717, 1.165) is 39.5 Å². The molecule has 1 aromatic carbocycles. The van der Waals surface area contributed by atoms with Gasteiger partial charge in [0.1, 0.15) is 5.67 Å². The minimum Gasteiger partial charge on any atom is -0.358 e. The highest BCUT2D eigenvalue weighted by molar-refractivity contribution is 6.00. The van der Waals surface area contributed by atoms with Gasteiger partial charge in [0.25, 0.3) is 0 Å². The minimum absolute atomic E-state index is 0.522. The molecule has 0 fully saturated rings. The van der Waals surface area contributed by atoms with Gasteiger partial charge >= 0.3 is 0 Å². The number of nitrogens with one attached hydrogen (secondary N) is 2. The third-order valence-corrected chi connectivity index (χ3v) is 5.67. The lowest BCUT2D eigenvalue weighted by Crippen LogP contribution is -2.13. The van der Waals surface area contributed by atoms with Gasteiger partial charge in [-0.25, -0.2) is 14.4 Å². The first-order chi connectivity index (χ1) is 16.6. The van der Waals surface area contributed by atoms with E-state index in [1.807, 2.05) is 39.0 Å². The zero-order chi connectivity index (χ0) is 25.6. The molecular formula is C28H33FN6. The molecule has 0 bridgehead atoms. The summed E-state index contributed by atoms with van der Waals surface area (Å²) in [6.45, 7) is 12.9. The van der Waals surface area contributed by atoms with Crippen LogP contribution in [0.5, 0.6) is 0 Å². The number of aryl methyl sites for hydroxylation is 1. The van der Waals surface area contributed by atoms with Crippen molar-refractivity contribution in [3.63, 3.8) is 0 Å². The van der Waals surface area contributed by atoms with Crippen molar-refractivity contribution in [1.82, 2.24) is 15.0 Å². The molecule has 0 amide bonds. The second-order valence-corrected chi connectivity index (χ2v) is 8.86. The average Bonchev–Trinajstić information content (AvgIpc) is 2.83. The minimum atomic E-state index is -1.46. The van der Waals surface area contributed by atoms with Crippen LogP contribution in [0.1, 0.15) is 44.5 Å². The van der Waals surface area contributed by atoms with Crippen LogP contribution in [0.2, 0.25) is 0 Å². The molecule has 182 valence electrons. The van der Waals surface area contributed by atoms with Crippen molar-refractivity contribution < 1.29 is 4.39 Å². The molecule has 6 nitrogen and oxygen atoms in total. The number of benzene rings is 1. The van der Waals surface area contributed by atoms with E-state index in [9.17, 15) is 4.39 Å². The van der Waals surface area contributed by atoms with E-state index >= 15 is 0 Å². The molecule has 35 heavy (non-hydrogen) atoms. The molecule has 0 radical (unpaired) electrons. The summed E-state index contributed by atoms with van der Waals surface area (Å²) in [6, 6.07) is 9.98. The second-order valence-electron chi connectivity index (χ2n) is 8.86. The standard InChI is InChI=1S/C28H33FN6/c1-8-26(20(4)30-7)35-27-32-15-23(16-33-27)22-11-9-21(10-12-22)13-18(2)34-24-14-25(28(5,6)29)19(3)31-17-24/h8-12,14-17,34H,2,13H2,1,3-7H3,(H,32,33,35)/b26-8+,30-20-. The number of allylic oxidation sites excluding steroid dienone is 3. The average molecular weight is 473 g/mol. The van der Waals surface area contributed by atoms with E-state index in [1.54, 1.807) is 31.7 Å². The molecule has 0 saturated carbocycles. The van der Waals surface area contributed by atoms with Gasteiger partial charge in [-0.3, -0.25) is 9.98 Å².